The summed E-state index contributed by atoms with van der Waals surface area (Å²) in [6.45, 7) is 3.10. The fourth-order valence-electron chi connectivity index (χ4n) is 3.17. The molecule has 1 amide bonds. The number of nitrogens with zero attached hydrogens (tertiary/aromatic N) is 4. The minimum Gasteiger partial charge on any atom is -0.450 e. The second-order valence-corrected chi connectivity index (χ2v) is 7.42. The summed E-state index contributed by atoms with van der Waals surface area (Å²) < 4.78 is 31.4. The Labute approximate surface area is 184 Å². The Kier molecular flexibility index (Phi) is 7.47. The van der Waals surface area contributed by atoms with Gasteiger partial charge in [-0.15, -0.1) is 0 Å². The van der Waals surface area contributed by atoms with Crippen LogP contribution in [0.4, 0.5) is 19.3 Å². The third kappa shape index (κ3) is 6.07. The molecule has 0 aliphatic carbocycles. The largest absolute Gasteiger partial charge is 0.450 e. The summed E-state index contributed by atoms with van der Waals surface area (Å²) in [5, 5.41) is 3.45. The van der Waals surface area contributed by atoms with Gasteiger partial charge in [0.05, 0.1) is 30.4 Å². The van der Waals surface area contributed by atoms with Crippen LogP contribution in [0.5, 0.6) is 0 Å². The number of hydrogen-bond donors (Lipinski definition) is 1. The number of ether oxygens (including phenoxy) is 1. The lowest BCUT2D eigenvalue weighted by atomic mass is 10.1. The molecule has 4 rings (SSSR count). The number of piperidine rings is 1. The van der Waals surface area contributed by atoms with E-state index >= 15 is 0 Å². The van der Waals surface area contributed by atoms with Gasteiger partial charge in [-0.05, 0) is 32.2 Å². The number of halogens is 2. The smallest absolute Gasteiger partial charge is 0.411 e. The van der Waals surface area contributed by atoms with Crippen LogP contribution in [0.25, 0.3) is 16.7 Å². The van der Waals surface area contributed by atoms with Crippen molar-refractivity contribution in [3.8, 4) is 5.69 Å². The first kappa shape index (κ1) is 23.3. The van der Waals surface area contributed by atoms with Crippen molar-refractivity contribution in [3.05, 3.63) is 48.5 Å². The standard InChI is InChI=1S/C16H14N4O3.C6H11F2N/c1-2-23-16(22)19-13-6-14(9-17-8-13)20-4-3-12-5-11(10-21)7-18-15(12)20;1-9-4-2-6(7,8)3-5-9/h3-10H,2H2,1H3,(H,19,22);2-5H2,1H3. The van der Waals surface area contributed by atoms with Gasteiger partial charge in [-0.3, -0.25) is 19.7 Å². The highest BCUT2D eigenvalue weighted by atomic mass is 19.3. The molecule has 32 heavy (non-hydrogen) atoms. The molecule has 0 spiro atoms. The Morgan fingerprint density at radius 1 is 1.25 bits per heavy atom. The van der Waals surface area contributed by atoms with Crippen LogP contribution in [0.1, 0.15) is 30.1 Å². The molecule has 4 heterocycles. The molecule has 1 saturated heterocycles. The van der Waals surface area contributed by atoms with E-state index in [0.29, 0.717) is 36.6 Å². The van der Waals surface area contributed by atoms with E-state index in [1.165, 1.54) is 12.4 Å². The Balaban J connectivity index is 0.000000269. The third-order valence-corrected chi connectivity index (χ3v) is 4.93. The van der Waals surface area contributed by atoms with Crippen LogP contribution in [0.2, 0.25) is 0 Å². The topological polar surface area (TPSA) is 89.3 Å². The number of anilines is 1. The van der Waals surface area contributed by atoms with E-state index in [-0.39, 0.29) is 12.8 Å². The van der Waals surface area contributed by atoms with Crippen molar-refractivity contribution in [2.24, 2.45) is 0 Å². The van der Waals surface area contributed by atoms with Gasteiger partial charge in [-0.25, -0.2) is 18.6 Å². The van der Waals surface area contributed by atoms with E-state index < -0.39 is 12.0 Å². The average Bonchev–Trinajstić information content (AvgIpc) is 3.20. The summed E-state index contributed by atoms with van der Waals surface area (Å²) in [6, 6.07) is 5.39. The molecule has 0 atom stereocenters. The van der Waals surface area contributed by atoms with Crippen LogP contribution < -0.4 is 5.32 Å². The Hall–Kier alpha value is -3.40. The summed E-state index contributed by atoms with van der Waals surface area (Å²) in [4.78, 5) is 32.6. The molecule has 1 aliphatic heterocycles. The predicted octanol–water partition coefficient (Wildman–Crippen LogP) is 4.15. The number of alkyl halides is 2. The minimum absolute atomic E-state index is 0.0312. The zero-order valence-corrected chi connectivity index (χ0v) is 17.9. The quantitative estimate of drug-likeness (QED) is 0.607. The molecule has 8 nitrogen and oxygen atoms in total. The number of fused-ring (bicyclic) bond motifs is 1. The van der Waals surface area contributed by atoms with E-state index in [4.69, 9.17) is 4.74 Å². The second kappa shape index (κ2) is 10.3. The van der Waals surface area contributed by atoms with Gasteiger partial charge < -0.3 is 9.64 Å². The molecule has 0 radical (unpaired) electrons. The van der Waals surface area contributed by atoms with Crippen LogP contribution in [0, 0.1) is 0 Å². The lowest BCUT2D eigenvalue weighted by Gasteiger charge is -2.28. The molecule has 0 aromatic carbocycles. The number of carbonyl (C=O) groups is 2. The summed E-state index contributed by atoms with van der Waals surface area (Å²) in [5.41, 5.74) is 2.48. The number of hydrogen-bond acceptors (Lipinski definition) is 6. The number of aromatic nitrogens is 3. The van der Waals surface area contributed by atoms with Crippen LogP contribution in [0.15, 0.2) is 43.0 Å². The first-order valence-electron chi connectivity index (χ1n) is 10.2. The number of carbonyl (C=O) groups excluding carboxylic acids is 2. The fraction of sp³-hybridized carbons (Fsp3) is 0.364. The molecule has 170 valence electrons. The number of likely N-dealkylation sites (tertiary alicyclic amines) is 1. The SMILES string of the molecule is CCOC(=O)Nc1cncc(-n2ccc3cc(C=O)cnc32)c1.CN1CCC(F)(F)CC1. The molecule has 1 N–H and O–H groups in total. The number of rotatable bonds is 4. The van der Waals surface area contributed by atoms with Gasteiger partial charge in [0.1, 0.15) is 5.65 Å². The van der Waals surface area contributed by atoms with Crippen molar-refractivity contribution in [3.63, 3.8) is 0 Å². The van der Waals surface area contributed by atoms with E-state index in [0.717, 1.165) is 17.4 Å². The number of pyridine rings is 2. The van der Waals surface area contributed by atoms with Gasteiger partial charge in [-0.2, -0.15) is 0 Å². The number of amides is 1. The Morgan fingerprint density at radius 3 is 2.66 bits per heavy atom. The van der Waals surface area contributed by atoms with E-state index in [1.54, 1.807) is 25.3 Å². The molecule has 1 fully saturated rings. The van der Waals surface area contributed by atoms with Gasteiger partial charge in [0.25, 0.3) is 5.92 Å². The van der Waals surface area contributed by atoms with E-state index in [9.17, 15) is 18.4 Å². The van der Waals surface area contributed by atoms with Crippen LogP contribution in [-0.4, -0.2) is 64.5 Å². The zero-order valence-electron chi connectivity index (χ0n) is 17.9. The maximum Gasteiger partial charge on any atom is 0.411 e. The summed E-state index contributed by atoms with van der Waals surface area (Å²) >= 11 is 0. The van der Waals surface area contributed by atoms with Crippen molar-refractivity contribution in [1.82, 2.24) is 19.4 Å². The molecule has 3 aromatic heterocycles. The molecule has 3 aromatic rings. The van der Waals surface area contributed by atoms with Gasteiger partial charge in [0.2, 0.25) is 0 Å². The Bertz CT molecular complexity index is 1080. The van der Waals surface area contributed by atoms with Crippen molar-refractivity contribution in [2.75, 3.05) is 32.1 Å². The number of nitrogens with one attached hydrogen (secondary N) is 1. The molecule has 0 saturated carbocycles. The predicted molar refractivity (Wildman–Crippen MR) is 117 cm³/mol. The molecular weight excluding hydrogens is 420 g/mol. The normalized spacial score (nSPS) is 15.5. The maximum absolute atomic E-state index is 12.4. The average molecular weight is 445 g/mol. The van der Waals surface area contributed by atoms with Gasteiger partial charge in [0.15, 0.2) is 6.29 Å². The molecular formula is C22H25F2N5O3. The van der Waals surface area contributed by atoms with Crippen molar-refractivity contribution in [2.45, 2.75) is 25.7 Å². The molecule has 10 heteroatoms. The maximum atomic E-state index is 12.4. The first-order valence-corrected chi connectivity index (χ1v) is 10.2. The highest BCUT2D eigenvalue weighted by molar-refractivity contribution is 5.86. The van der Waals surface area contributed by atoms with Gasteiger partial charge in [-0.1, -0.05) is 0 Å². The minimum atomic E-state index is -2.38. The van der Waals surface area contributed by atoms with Gasteiger partial charge in [0, 0.05) is 49.3 Å². The van der Waals surface area contributed by atoms with E-state index in [2.05, 4.69) is 15.3 Å². The zero-order chi connectivity index (χ0) is 23.1. The lowest BCUT2D eigenvalue weighted by molar-refractivity contribution is -0.0504. The highest BCUT2D eigenvalue weighted by Crippen LogP contribution is 2.26. The molecule has 0 unspecified atom stereocenters. The van der Waals surface area contributed by atoms with Crippen LogP contribution in [0.3, 0.4) is 0 Å². The highest BCUT2D eigenvalue weighted by Gasteiger charge is 2.32. The summed E-state index contributed by atoms with van der Waals surface area (Å²) in [6.07, 6.45) is 6.83. The summed E-state index contributed by atoms with van der Waals surface area (Å²) in [7, 11) is 1.87. The van der Waals surface area contributed by atoms with Crippen molar-refractivity contribution < 1.29 is 23.1 Å². The monoisotopic (exact) mass is 445 g/mol. The van der Waals surface area contributed by atoms with E-state index in [1.807, 2.05) is 28.8 Å². The van der Waals surface area contributed by atoms with Crippen LogP contribution in [-0.2, 0) is 4.74 Å². The number of aldehydes is 1. The third-order valence-electron chi connectivity index (χ3n) is 4.93. The summed E-state index contributed by atoms with van der Waals surface area (Å²) in [5.74, 6) is -2.38. The van der Waals surface area contributed by atoms with Gasteiger partial charge >= 0.3 is 6.09 Å². The first-order chi connectivity index (χ1) is 15.3. The Morgan fingerprint density at radius 2 is 2.00 bits per heavy atom. The lowest BCUT2D eigenvalue weighted by Crippen LogP contribution is -2.36. The van der Waals surface area contributed by atoms with Crippen molar-refractivity contribution >= 4 is 29.1 Å². The second-order valence-electron chi connectivity index (χ2n) is 7.42. The van der Waals surface area contributed by atoms with Crippen LogP contribution >= 0.6 is 0 Å². The molecule has 1 aliphatic rings. The fourth-order valence-corrected chi connectivity index (χ4v) is 3.17. The van der Waals surface area contributed by atoms with Crippen molar-refractivity contribution in [1.29, 1.82) is 0 Å². The molecule has 0 bridgehead atoms.